The molecule has 0 aliphatic heterocycles. The topological polar surface area (TPSA) is 59.1 Å². The lowest BCUT2D eigenvalue weighted by Gasteiger charge is -2.08. The molecular weight excluding hydrogens is 328 g/mol. The van der Waals surface area contributed by atoms with Crippen LogP contribution in [0.3, 0.4) is 0 Å². The predicted molar refractivity (Wildman–Crippen MR) is 95.6 cm³/mol. The monoisotopic (exact) mass is 346 g/mol. The number of benzene rings is 2. The van der Waals surface area contributed by atoms with Crippen molar-refractivity contribution in [2.24, 2.45) is 0 Å². The molecule has 1 heterocycles. The van der Waals surface area contributed by atoms with E-state index in [2.05, 4.69) is 16.6 Å². The molecule has 1 aromatic heterocycles. The summed E-state index contributed by atoms with van der Waals surface area (Å²) >= 11 is 1.61. The summed E-state index contributed by atoms with van der Waals surface area (Å²) in [5.41, 5.74) is 2.50. The van der Waals surface area contributed by atoms with Gasteiger partial charge in [0.25, 0.3) is 10.0 Å². The van der Waals surface area contributed by atoms with Crippen LogP contribution in [0.1, 0.15) is 23.9 Å². The summed E-state index contributed by atoms with van der Waals surface area (Å²) in [6, 6.07) is 12.3. The largest absolute Gasteiger partial charge is 0.280 e. The highest BCUT2D eigenvalue weighted by molar-refractivity contribution is 7.92. The Morgan fingerprint density at radius 2 is 1.87 bits per heavy atom. The first kappa shape index (κ1) is 16.0. The fourth-order valence-corrected chi connectivity index (χ4v) is 4.45. The molecule has 3 aromatic rings. The van der Waals surface area contributed by atoms with Crippen LogP contribution in [0.5, 0.6) is 0 Å². The molecule has 0 aliphatic rings. The molecule has 0 bridgehead atoms. The molecule has 6 heteroatoms. The van der Waals surface area contributed by atoms with Crippen molar-refractivity contribution in [2.45, 2.75) is 31.6 Å². The first-order valence-corrected chi connectivity index (χ1v) is 9.77. The molecule has 4 nitrogen and oxygen atoms in total. The van der Waals surface area contributed by atoms with Crippen LogP contribution in [-0.4, -0.2) is 13.4 Å². The number of aryl methyl sites for hydroxylation is 2. The molecule has 0 fully saturated rings. The smallest absolute Gasteiger partial charge is 0.261 e. The van der Waals surface area contributed by atoms with Crippen molar-refractivity contribution in [2.75, 3.05) is 4.72 Å². The van der Waals surface area contributed by atoms with Crippen molar-refractivity contribution >= 4 is 37.3 Å². The number of fused-ring (bicyclic) bond motifs is 1. The summed E-state index contributed by atoms with van der Waals surface area (Å²) in [4.78, 5) is 4.81. The van der Waals surface area contributed by atoms with Gasteiger partial charge in [0.05, 0.1) is 25.8 Å². The highest BCUT2D eigenvalue weighted by Gasteiger charge is 2.14. The molecule has 0 spiro atoms. The summed E-state index contributed by atoms with van der Waals surface area (Å²) in [5, 5.41) is 1.08. The predicted octanol–water partition coefficient (Wildman–Crippen LogP) is 4.36. The molecule has 120 valence electrons. The molecule has 0 saturated carbocycles. The number of thiazole rings is 1. The minimum Gasteiger partial charge on any atom is -0.280 e. The average molecular weight is 346 g/mol. The molecule has 0 unspecified atom stereocenters. The summed E-state index contributed by atoms with van der Waals surface area (Å²) in [6.45, 7) is 4.04. The van der Waals surface area contributed by atoms with Crippen molar-refractivity contribution < 1.29 is 8.42 Å². The van der Waals surface area contributed by atoms with E-state index < -0.39 is 10.0 Å². The van der Waals surface area contributed by atoms with E-state index in [1.54, 1.807) is 41.7 Å². The maximum atomic E-state index is 12.4. The van der Waals surface area contributed by atoms with Gasteiger partial charge < -0.3 is 0 Å². The number of sulfonamides is 1. The maximum Gasteiger partial charge on any atom is 0.261 e. The van der Waals surface area contributed by atoms with E-state index in [0.717, 1.165) is 33.6 Å². The minimum atomic E-state index is -3.57. The molecule has 0 aliphatic carbocycles. The van der Waals surface area contributed by atoms with Crippen molar-refractivity contribution in [3.05, 3.63) is 53.0 Å². The molecule has 0 radical (unpaired) electrons. The Morgan fingerprint density at radius 3 is 2.57 bits per heavy atom. The maximum absolute atomic E-state index is 12.4. The normalized spacial score (nSPS) is 11.7. The molecule has 3 rings (SSSR count). The van der Waals surface area contributed by atoms with E-state index in [4.69, 9.17) is 0 Å². The Bertz CT molecular complexity index is 929. The van der Waals surface area contributed by atoms with Crippen LogP contribution in [0.4, 0.5) is 5.69 Å². The quantitative estimate of drug-likeness (QED) is 0.747. The Hall–Kier alpha value is -1.92. The van der Waals surface area contributed by atoms with E-state index in [1.165, 1.54) is 0 Å². The van der Waals surface area contributed by atoms with Gasteiger partial charge in [-0.1, -0.05) is 24.6 Å². The van der Waals surface area contributed by atoms with Crippen LogP contribution >= 0.6 is 11.3 Å². The highest BCUT2D eigenvalue weighted by atomic mass is 32.2. The van der Waals surface area contributed by atoms with Gasteiger partial charge >= 0.3 is 0 Å². The summed E-state index contributed by atoms with van der Waals surface area (Å²) in [6.07, 6.45) is 2.00. The zero-order valence-corrected chi connectivity index (χ0v) is 14.7. The second-order valence-electron chi connectivity index (χ2n) is 5.46. The van der Waals surface area contributed by atoms with Crippen LogP contribution < -0.4 is 4.72 Å². The van der Waals surface area contributed by atoms with Gasteiger partial charge in [-0.25, -0.2) is 13.4 Å². The number of hydrogen-bond donors (Lipinski definition) is 1. The number of nitrogens with one attached hydrogen (secondary N) is 1. The van der Waals surface area contributed by atoms with Gasteiger partial charge in [0.1, 0.15) is 0 Å². The van der Waals surface area contributed by atoms with E-state index in [-0.39, 0.29) is 4.90 Å². The number of rotatable bonds is 5. The van der Waals surface area contributed by atoms with E-state index >= 15 is 0 Å². The third-order valence-corrected chi connectivity index (χ3v) is 5.96. The van der Waals surface area contributed by atoms with Crippen LogP contribution in [0.2, 0.25) is 0 Å². The highest BCUT2D eigenvalue weighted by Crippen LogP contribution is 2.27. The van der Waals surface area contributed by atoms with E-state index in [9.17, 15) is 8.42 Å². The van der Waals surface area contributed by atoms with E-state index in [0.29, 0.717) is 5.69 Å². The fraction of sp³-hybridized carbons (Fsp3) is 0.235. The minimum absolute atomic E-state index is 0.263. The molecule has 1 N–H and O–H groups in total. The Morgan fingerprint density at radius 1 is 1.13 bits per heavy atom. The third-order valence-electron chi connectivity index (χ3n) is 3.48. The zero-order chi connectivity index (χ0) is 16.4. The van der Waals surface area contributed by atoms with Gasteiger partial charge in [-0.2, -0.15) is 0 Å². The van der Waals surface area contributed by atoms with Gasteiger partial charge in [-0.15, -0.1) is 11.3 Å². The number of hydrogen-bond acceptors (Lipinski definition) is 4. The van der Waals surface area contributed by atoms with Crippen LogP contribution in [0, 0.1) is 6.92 Å². The first-order chi connectivity index (χ1) is 11.0. The molecule has 0 atom stereocenters. The summed E-state index contributed by atoms with van der Waals surface area (Å²) < 4.78 is 28.5. The number of anilines is 1. The van der Waals surface area contributed by atoms with Crippen LogP contribution in [-0.2, 0) is 16.4 Å². The number of aromatic nitrogens is 1. The van der Waals surface area contributed by atoms with Crippen LogP contribution in [0.25, 0.3) is 10.2 Å². The zero-order valence-electron chi connectivity index (χ0n) is 13.0. The molecule has 23 heavy (non-hydrogen) atoms. The van der Waals surface area contributed by atoms with Crippen molar-refractivity contribution in [1.29, 1.82) is 0 Å². The van der Waals surface area contributed by atoms with Gasteiger partial charge in [-0.3, -0.25) is 4.72 Å². The molecular formula is C17H18N2O2S2. The molecule has 0 amide bonds. The summed E-state index contributed by atoms with van der Waals surface area (Å²) in [7, 11) is -3.57. The average Bonchev–Trinajstić information content (AvgIpc) is 2.89. The Kier molecular flexibility index (Phi) is 4.37. The van der Waals surface area contributed by atoms with Crippen molar-refractivity contribution in [1.82, 2.24) is 4.98 Å². The lowest BCUT2D eigenvalue weighted by molar-refractivity contribution is 0.601. The van der Waals surface area contributed by atoms with E-state index in [1.807, 2.05) is 19.1 Å². The van der Waals surface area contributed by atoms with Gasteiger partial charge in [0.2, 0.25) is 0 Å². The van der Waals surface area contributed by atoms with Gasteiger partial charge in [0, 0.05) is 0 Å². The summed E-state index contributed by atoms with van der Waals surface area (Å²) in [5.74, 6) is 0. The number of nitrogens with zero attached hydrogens (tertiary/aromatic N) is 1. The lowest BCUT2D eigenvalue weighted by Crippen LogP contribution is -2.12. The molecule has 0 saturated heterocycles. The standard InChI is InChI=1S/C17H18N2O2S2/c1-3-4-17-18-15-10-7-13(11-16(15)22-17)19-23(20,21)14-8-5-12(2)6-9-14/h5-11,19H,3-4H2,1-2H3. The van der Waals surface area contributed by atoms with Crippen molar-refractivity contribution in [3.63, 3.8) is 0 Å². The lowest BCUT2D eigenvalue weighted by atomic mass is 10.2. The Labute approximate surface area is 140 Å². The van der Waals surface area contributed by atoms with Gasteiger partial charge in [0.15, 0.2) is 0 Å². The SMILES string of the molecule is CCCc1nc2ccc(NS(=O)(=O)c3ccc(C)cc3)cc2s1. The third kappa shape index (κ3) is 3.54. The second-order valence-corrected chi connectivity index (χ2v) is 8.26. The van der Waals surface area contributed by atoms with Gasteiger partial charge in [-0.05, 0) is 50.1 Å². The van der Waals surface area contributed by atoms with Crippen molar-refractivity contribution in [3.8, 4) is 0 Å². The molecule has 2 aromatic carbocycles. The Balaban J connectivity index is 1.89. The van der Waals surface area contributed by atoms with Crippen LogP contribution in [0.15, 0.2) is 47.4 Å². The second kappa shape index (κ2) is 6.29. The fourth-order valence-electron chi connectivity index (χ4n) is 2.29. The first-order valence-electron chi connectivity index (χ1n) is 7.47.